The maximum absolute atomic E-state index is 12.1. The van der Waals surface area contributed by atoms with Gasteiger partial charge in [0.1, 0.15) is 12.9 Å². The van der Waals surface area contributed by atoms with Crippen LogP contribution in [0.3, 0.4) is 0 Å². The van der Waals surface area contributed by atoms with Gasteiger partial charge in [-0.1, -0.05) is 0 Å². The molecule has 0 radical (unpaired) electrons. The highest BCUT2D eigenvalue weighted by molar-refractivity contribution is 7.07. The first-order chi connectivity index (χ1) is 12.0. The van der Waals surface area contributed by atoms with Crippen molar-refractivity contribution >= 4 is 17.2 Å². The lowest BCUT2D eigenvalue weighted by Gasteiger charge is -2.40. The van der Waals surface area contributed by atoms with E-state index in [9.17, 15) is 9.59 Å². The molecule has 3 rings (SSSR count). The molecule has 3 heterocycles. The zero-order valence-electron chi connectivity index (χ0n) is 14.3. The van der Waals surface area contributed by atoms with Crippen molar-refractivity contribution in [3.63, 3.8) is 0 Å². The van der Waals surface area contributed by atoms with Gasteiger partial charge in [0.25, 0.3) is 0 Å². The van der Waals surface area contributed by atoms with Crippen molar-refractivity contribution in [2.75, 3.05) is 26.2 Å². The third-order valence-corrected chi connectivity index (χ3v) is 4.76. The number of nitrogens with zero attached hydrogens (tertiary/aromatic N) is 5. The van der Waals surface area contributed by atoms with Crippen LogP contribution in [0, 0.1) is 0 Å². The normalized spacial score (nSPS) is 21.4. The summed E-state index contributed by atoms with van der Waals surface area (Å²) in [6, 6.07) is 0. The quantitative estimate of drug-likeness (QED) is 0.737. The molecule has 136 valence electrons. The number of amides is 1. The molecule has 1 N–H and O–H groups in total. The van der Waals surface area contributed by atoms with Crippen LogP contribution in [-0.4, -0.2) is 62.0 Å². The average molecular weight is 366 g/mol. The van der Waals surface area contributed by atoms with Crippen LogP contribution < -0.4 is 11.0 Å². The molecule has 1 saturated heterocycles. The van der Waals surface area contributed by atoms with Crippen LogP contribution in [0.2, 0.25) is 0 Å². The lowest BCUT2D eigenvalue weighted by molar-refractivity contribution is -0.127. The molecule has 1 aliphatic rings. The summed E-state index contributed by atoms with van der Waals surface area (Å²) in [6.07, 6.45) is 1.39. The topological polar surface area (TPSA) is 94.3 Å². The predicted molar refractivity (Wildman–Crippen MR) is 92.2 cm³/mol. The molecule has 1 fully saturated rings. The van der Waals surface area contributed by atoms with Crippen molar-refractivity contribution in [3.8, 4) is 0 Å². The van der Waals surface area contributed by atoms with Crippen LogP contribution in [0.25, 0.3) is 0 Å². The molecule has 1 atom stereocenters. The fraction of sp³-hybridized carbons (Fsp3) is 0.600. The third-order valence-electron chi connectivity index (χ3n) is 4.12. The average Bonchev–Trinajstić information content (AvgIpc) is 3.19. The Morgan fingerprint density at radius 3 is 3.04 bits per heavy atom. The summed E-state index contributed by atoms with van der Waals surface area (Å²) in [5.41, 5.74) is 2.09. The standard InChI is InChI=1S/C15H22N6O3S/c1-15(8-16-13(22)6-21-14(23)19(2)10-18-21)9-20(3-4-24-15)5-12-7-25-11-17-12/h7,10-11H,3-6,8-9H2,1-2H3,(H,16,22). The SMILES string of the molecule is Cn1cnn(CC(=O)NCC2(C)CN(Cc3cscn3)CCO2)c1=O. The maximum Gasteiger partial charge on any atom is 0.345 e. The molecule has 0 saturated carbocycles. The molecule has 2 aromatic heterocycles. The van der Waals surface area contributed by atoms with Crippen molar-refractivity contribution in [2.24, 2.45) is 7.05 Å². The molecule has 10 heteroatoms. The fourth-order valence-corrected chi connectivity index (χ4v) is 3.36. The van der Waals surface area contributed by atoms with Gasteiger partial charge >= 0.3 is 5.69 Å². The number of nitrogens with one attached hydrogen (secondary N) is 1. The minimum atomic E-state index is -0.473. The van der Waals surface area contributed by atoms with E-state index in [1.807, 2.05) is 17.8 Å². The van der Waals surface area contributed by atoms with Gasteiger partial charge in [0, 0.05) is 38.6 Å². The first kappa shape index (κ1) is 17.8. The monoisotopic (exact) mass is 366 g/mol. The number of hydrogen-bond donors (Lipinski definition) is 1. The number of carbonyl (C=O) groups is 1. The second-order valence-corrected chi connectivity index (χ2v) is 7.17. The van der Waals surface area contributed by atoms with Gasteiger partial charge in [-0.05, 0) is 6.92 Å². The molecule has 1 unspecified atom stereocenters. The minimum Gasteiger partial charge on any atom is -0.371 e. The van der Waals surface area contributed by atoms with Gasteiger partial charge in [-0.25, -0.2) is 14.5 Å². The highest BCUT2D eigenvalue weighted by Gasteiger charge is 2.32. The first-order valence-corrected chi connectivity index (χ1v) is 8.98. The van der Waals surface area contributed by atoms with E-state index >= 15 is 0 Å². The number of morpholine rings is 1. The Balaban J connectivity index is 1.51. The molecule has 0 bridgehead atoms. The number of aryl methyl sites for hydroxylation is 1. The lowest BCUT2D eigenvalue weighted by atomic mass is 10.0. The summed E-state index contributed by atoms with van der Waals surface area (Å²) in [4.78, 5) is 30.4. The fourth-order valence-electron chi connectivity index (χ4n) is 2.81. The molecule has 25 heavy (non-hydrogen) atoms. The second kappa shape index (κ2) is 7.46. The number of ether oxygens (including phenoxy) is 1. The largest absolute Gasteiger partial charge is 0.371 e. The Kier molecular flexibility index (Phi) is 5.30. The molecular weight excluding hydrogens is 344 g/mol. The van der Waals surface area contributed by atoms with E-state index in [0.717, 1.165) is 23.5 Å². The Hall–Kier alpha value is -2.04. The summed E-state index contributed by atoms with van der Waals surface area (Å²) in [5, 5.41) is 8.77. The highest BCUT2D eigenvalue weighted by atomic mass is 32.1. The first-order valence-electron chi connectivity index (χ1n) is 8.04. The van der Waals surface area contributed by atoms with Gasteiger partial charge in [0.2, 0.25) is 5.91 Å². The van der Waals surface area contributed by atoms with Crippen molar-refractivity contribution in [1.29, 1.82) is 0 Å². The zero-order chi connectivity index (χ0) is 17.9. The van der Waals surface area contributed by atoms with Gasteiger partial charge in [-0.2, -0.15) is 5.10 Å². The van der Waals surface area contributed by atoms with Crippen LogP contribution >= 0.6 is 11.3 Å². The van der Waals surface area contributed by atoms with Crippen molar-refractivity contribution in [3.05, 3.63) is 33.4 Å². The zero-order valence-corrected chi connectivity index (χ0v) is 15.2. The van der Waals surface area contributed by atoms with Crippen molar-refractivity contribution < 1.29 is 9.53 Å². The van der Waals surface area contributed by atoms with Crippen LogP contribution in [0.1, 0.15) is 12.6 Å². The highest BCUT2D eigenvalue weighted by Crippen LogP contribution is 2.18. The van der Waals surface area contributed by atoms with Crippen LogP contribution in [0.5, 0.6) is 0 Å². The van der Waals surface area contributed by atoms with Gasteiger partial charge in [0.05, 0.1) is 23.4 Å². The van der Waals surface area contributed by atoms with Gasteiger partial charge in [0.15, 0.2) is 0 Å². The smallest absolute Gasteiger partial charge is 0.345 e. The Morgan fingerprint density at radius 1 is 1.52 bits per heavy atom. The van der Waals surface area contributed by atoms with Crippen molar-refractivity contribution in [1.82, 2.24) is 29.5 Å². The summed E-state index contributed by atoms with van der Waals surface area (Å²) in [6.45, 7) is 5.18. The Morgan fingerprint density at radius 2 is 2.36 bits per heavy atom. The van der Waals surface area contributed by atoms with E-state index in [2.05, 4.69) is 20.3 Å². The third kappa shape index (κ3) is 4.53. The van der Waals surface area contributed by atoms with Gasteiger partial charge in [-0.3, -0.25) is 14.3 Å². The molecule has 0 aliphatic carbocycles. The Bertz CT molecular complexity index is 771. The number of hydrogen-bond acceptors (Lipinski definition) is 7. The molecule has 1 amide bonds. The van der Waals surface area contributed by atoms with Crippen LogP contribution in [0.4, 0.5) is 0 Å². The summed E-state index contributed by atoms with van der Waals surface area (Å²) < 4.78 is 8.34. The molecular formula is C15H22N6O3S. The van der Waals surface area contributed by atoms with Crippen LogP contribution in [0.15, 0.2) is 22.0 Å². The van der Waals surface area contributed by atoms with Crippen molar-refractivity contribution in [2.45, 2.75) is 25.6 Å². The number of thiazole rings is 1. The second-order valence-electron chi connectivity index (χ2n) is 6.45. The molecule has 0 aromatic carbocycles. The van der Waals surface area contributed by atoms with E-state index in [4.69, 9.17) is 4.74 Å². The van der Waals surface area contributed by atoms with Gasteiger partial charge in [-0.15, -0.1) is 11.3 Å². The number of aromatic nitrogens is 4. The lowest BCUT2D eigenvalue weighted by Crippen LogP contribution is -2.55. The molecule has 0 spiro atoms. The van der Waals surface area contributed by atoms with Crippen LogP contribution in [-0.2, 0) is 29.7 Å². The maximum atomic E-state index is 12.1. The van der Waals surface area contributed by atoms with E-state index in [0.29, 0.717) is 19.7 Å². The minimum absolute atomic E-state index is 0.0989. The molecule has 1 aliphatic heterocycles. The summed E-state index contributed by atoms with van der Waals surface area (Å²) in [5.74, 6) is -0.262. The summed E-state index contributed by atoms with van der Waals surface area (Å²) in [7, 11) is 1.59. The predicted octanol–water partition coefficient (Wildman–Crippen LogP) is -0.554. The van der Waals surface area contributed by atoms with E-state index < -0.39 is 5.60 Å². The van der Waals surface area contributed by atoms with E-state index in [-0.39, 0.29) is 18.1 Å². The number of rotatable bonds is 6. The van der Waals surface area contributed by atoms with E-state index in [1.54, 1.807) is 18.4 Å². The molecule has 2 aromatic rings. The number of carbonyl (C=O) groups excluding carboxylic acids is 1. The van der Waals surface area contributed by atoms with Gasteiger partial charge < -0.3 is 10.1 Å². The Labute approximate surface area is 149 Å². The van der Waals surface area contributed by atoms with E-state index in [1.165, 1.54) is 10.9 Å². The summed E-state index contributed by atoms with van der Waals surface area (Å²) >= 11 is 1.58. The molecule has 9 nitrogen and oxygen atoms in total.